The van der Waals surface area contributed by atoms with E-state index in [1.807, 2.05) is 35.2 Å². The van der Waals surface area contributed by atoms with Gasteiger partial charge in [0.05, 0.1) is 0 Å². The molecule has 0 aromatic rings. The van der Waals surface area contributed by atoms with Gasteiger partial charge in [0.15, 0.2) is 0 Å². The van der Waals surface area contributed by atoms with Crippen molar-refractivity contribution in [3.05, 3.63) is 0 Å². The zero-order valence-electron chi connectivity index (χ0n) is 36.2. The Morgan fingerprint density at radius 1 is 0.449 bits per heavy atom. The predicted octanol–water partition coefficient (Wildman–Crippen LogP) is 2.89. The van der Waals surface area contributed by atoms with Gasteiger partial charge in [-0.2, -0.15) is 0 Å². The Balaban J connectivity index is -0.000000165. The van der Waals surface area contributed by atoms with Crippen LogP contribution in [0.5, 0.6) is 0 Å². The van der Waals surface area contributed by atoms with E-state index >= 15 is 0 Å². The van der Waals surface area contributed by atoms with Crippen molar-refractivity contribution in [2.24, 2.45) is 5.73 Å². The van der Waals surface area contributed by atoms with Crippen LogP contribution in [0, 0.1) is 0 Å². The van der Waals surface area contributed by atoms with E-state index in [4.69, 9.17) is 5.73 Å². The van der Waals surface area contributed by atoms with E-state index in [9.17, 15) is 0 Å². The molecule has 0 spiro atoms. The minimum absolute atomic E-state index is 0.684. The zero-order valence-corrected chi connectivity index (χ0v) is 36.2. The lowest BCUT2D eigenvalue weighted by molar-refractivity contribution is 0.224. The van der Waals surface area contributed by atoms with Crippen LogP contribution in [0.3, 0.4) is 0 Å². The second-order valence-corrected chi connectivity index (χ2v) is 12.8. The van der Waals surface area contributed by atoms with Gasteiger partial charge in [0.1, 0.15) is 0 Å². The minimum atomic E-state index is 0.684. The van der Waals surface area contributed by atoms with E-state index < -0.39 is 0 Å². The molecule has 0 saturated heterocycles. The molecule has 0 aromatic carbocycles. The highest BCUT2D eigenvalue weighted by Crippen LogP contribution is 1.97. The number of hydrogen-bond acceptors (Lipinski definition) is 11. The van der Waals surface area contributed by atoms with Crippen LogP contribution in [0.15, 0.2) is 0 Å². The Morgan fingerprint density at radius 3 is 1.31 bits per heavy atom. The highest BCUT2D eigenvalue weighted by Gasteiger charge is 2.06. The van der Waals surface area contributed by atoms with Gasteiger partial charge in [-0.15, -0.1) is 0 Å². The van der Waals surface area contributed by atoms with Crippen LogP contribution in [0.2, 0.25) is 0 Å². The van der Waals surface area contributed by atoms with Crippen molar-refractivity contribution in [2.45, 2.75) is 93.5 Å². The molecule has 304 valence electrons. The Hall–Kier alpha value is -0.440. The van der Waals surface area contributed by atoms with E-state index in [0.717, 1.165) is 72.0 Å². The van der Waals surface area contributed by atoms with E-state index in [1.54, 1.807) is 0 Å². The number of likely N-dealkylation sites (N-methyl/N-ethyl adjacent to an activating group) is 7. The van der Waals surface area contributed by atoms with Gasteiger partial charge in [0.2, 0.25) is 0 Å². The average molecular weight is 708 g/mol. The van der Waals surface area contributed by atoms with Crippen LogP contribution in [0.25, 0.3) is 0 Å². The number of nitrogens with zero attached hydrogens (tertiary/aromatic N) is 4. The van der Waals surface area contributed by atoms with E-state index in [1.165, 1.54) is 77.9 Å². The molecular formula is C38H97N11. The van der Waals surface area contributed by atoms with Gasteiger partial charge in [0.25, 0.3) is 0 Å². The molecule has 0 bridgehead atoms. The number of hydrogen-bond donors (Lipinski definition) is 7. The maximum atomic E-state index is 5.47. The maximum absolute atomic E-state index is 5.47. The SMILES string of the molecule is CCCN(C)CCNC.CCCN(CC)CCNC.CCCN(CCN)CCNC.CCCN(CCNC)C(C)C.CCCNCCNC. The predicted molar refractivity (Wildman–Crippen MR) is 226 cm³/mol. The van der Waals surface area contributed by atoms with E-state index in [0.29, 0.717) is 6.04 Å². The summed E-state index contributed by atoms with van der Waals surface area (Å²) >= 11 is 0. The fraction of sp³-hybridized carbons (Fsp3) is 1.00. The normalized spacial score (nSPS) is 10.8. The molecule has 0 saturated carbocycles. The topological polar surface area (TPSA) is 111 Å². The summed E-state index contributed by atoms with van der Waals surface area (Å²) in [6, 6.07) is 0.684. The first kappa shape index (κ1) is 57.9. The second-order valence-electron chi connectivity index (χ2n) is 12.8. The van der Waals surface area contributed by atoms with Crippen LogP contribution < -0.4 is 37.6 Å². The van der Waals surface area contributed by atoms with Crippen molar-refractivity contribution >= 4 is 0 Å². The molecule has 0 rings (SSSR count). The van der Waals surface area contributed by atoms with Crippen molar-refractivity contribution in [2.75, 3.05) is 160 Å². The lowest BCUT2D eigenvalue weighted by Gasteiger charge is -2.25. The molecule has 11 nitrogen and oxygen atoms in total. The second kappa shape index (κ2) is 54.3. The Bertz CT molecular complexity index is 504. The Kier molecular flexibility index (Phi) is 64.2. The van der Waals surface area contributed by atoms with Gasteiger partial charge in [-0.1, -0.05) is 41.5 Å². The molecule has 0 aliphatic heterocycles. The number of nitrogens with two attached hydrogens (primary N) is 1. The third-order valence-electron chi connectivity index (χ3n) is 7.55. The third-order valence-corrected chi connectivity index (χ3v) is 7.55. The largest absolute Gasteiger partial charge is 0.329 e. The molecule has 0 aliphatic rings. The van der Waals surface area contributed by atoms with Crippen LogP contribution in [-0.2, 0) is 0 Å². The first-order chi connectivity index (χ1) is 23.6. The molecule has 0 unspecified atom stereocenters. The molecule has 0 radical (unpaired) electrons. The monoisotopic (exact) mass is 708 g/mol. The molecule has 0 aromatic heterocycles. The maximum Gasteiger partial charge on any atom is 0.0109 e. The number of nitrogens with one attached hydrogen (secondary N) is 6. The summed E-state index contributed by atoms with van der Waals surface area (Å²) in [6.07, 6.45) is 6.20. The van der Waals surface area contributed by atoms with Crippen molar-refractivity contribution in [1.29, 1.82) is 0 Å². The molecular weight excluding hydrogens is 610 g/mol. The van der Waals surface area contributed by atoms with E-state index in [-0.39, 0.29) is 0 Å². The molecule has 8 N–H and O–H groups in total. The smallest absolute Gasteiger partial charge is 0.0109 e. The third kappa shape index (κ3) is 57.2. The fourth-order valence-corrected chi connectivity index (χ4v) is 4.60. The molecule has 0 aliphatic carbocycles. The molecule has 0 heterocycles. The molecule has 0 amide bonds. The molecule has 11 heteroatoms. The van der Waals surface area contributed by atoms with Crippen molar-refractivity contribution in [1.82, 2.24) is 51.5 Å². The summed E-state index contributed by atoms with van der Waals surface area (Å²) in [4.78, 5) is 9.67. The number of rotatable bonds is 29. The van der Waals surface area contributed by atoms with Crippen LogP contribution in [0.1, 0.15) is 87.5 Å². The quantitative estimate of drug-likeness (QED) is 0.0584. The lowest BCUT2D eigenvalue weighted by Crippen LogP contribution is -2.36. The van der Waals surface area contributed by atoms with Crippen molar-refractivity contribution < 1.29 is 0 Å². The van der Waals surface area contributed by atoms with Gasteiger partial charge in [0, 0.05) is 84.6 Å². The van der Waals surface area contributed by atoms with Gasteiger partial charge in [-0.05, 0) is 128 Å². The summed E-state index contributed by atoms with van der Waals surface area (Å²) in [6.45, 7) is 37.8. The first-order valence-electron chi connectivity index (χ1n) is 20.1. The fourth-order valence-electron chi connectivity index (χ4n) is 4.60. The summed E-state index contributed by atoms with van der Waals surface area (Å²) in [5, 5.41) is 18.9. The highest BCUT2D eigenvalue weighted by atomic mass is 15.2. The Morgan fingerprint density at radius 2 is 0.898 bits per heavy atom. The molecule has 49 heavy (non-hydrogen) atoms. The standard InChI is InChI=1S/C9H22N2.C8H21N3.C8H20N2.C7H18N2.C6H16N2/c1-5-7-11(9(2)3)8-6-10-4;1-3-6-11(7-4-9)8-5-10-2;1-4-7-10(5-2)8-6-9-3;1-4-6-9(3)7-5-8-2;1-3-4-8-6-5-7-2/h9-10H,5-8H2,1-4H3;10H,3-9H2,1-2H3;9H,4-8H2,1-3H3;8H,4-7H2,1-3H3;7-8H,3-6H2,1-2H3. The average Bonchev–Trinajstić information content (AvgIpc) is 3.09. The summed E-state index contributed by atoms with van der Waals surface area (Å²) in [5.74, 6) is 0. The van der Waals surface area contributed by atoms with Gasteiger partial charge >= 0.3 is 0 Å². The Labute approximate surface area is 310 Å². The van der Waals surface area contributed by atoms with Crippen molar-refractivity contribution in [3.8, 4) is 0 Å². The van der Waals surface area contributed by atoms with E-state index in [2.05, 4.69) is 114 Å². The van der Waals surface area contributed by atoms with Crippen LogP contribution >= 0.6 is 0 Å². The summed E-state index contributed by atoms with van der Waals surface area (Å²) in [7, 11) is 12.1. The molecule has 0 atom stereocenters. The van der Waals surface area contributed by atoms with Gasteiger partial charge in [-0.3, -0.25) is 4.90 Å². The van der Waals surface area contributed by atoms with Gasteiger partial charge < -0.3 is 52.3 Å². The summed E-state index contributed by atoms with van der Waals surface area (Å²) < 4.78 is 0. The molecule has 0 fully saturated rings. The van der Waals surface area contributed by atoms with Crippen LogP contribution in [0.4, 0.5) is 0 Å². The van der Waals surface area contributed by atoms with Crippen molar-refractivity contribution in [3.63, 3.8) is 0 Å². The zero-order chi connectivity index (χ0) is 38.4. The first-order valence-corrected chi connectivity index (χ1v) is 20.1. The lowest BCUT2D eigenvalue weighted by atomic mass is 10.3. The highest BCUT2D eigenvalue weighted by molar-refractivity contribution is 4.62. The van der Waals surface area contributed by atoms with Gasteiger partial charge in [-0.25, -0.2) is 0 Å². The summed E-state index contributed by atoms with van der Waals surface area (Å²) in [5.41, 5.74) is 5.47. The van der Waals surface area contributed by atoms with Crippen LogP contribution in [-0.4, -0.2) is 186 Å². The minimum Gasteiger partial charge on any atom is -0.329 e.